The molecule has 0 bridgehead atoms. The first-order valence-electron chi connectivity index (χ1n) is 9.27. The number of nitrogens with zero attached hydrogens (tertiary/aromatic N) is 1. The number of benzene rings is 2. The van der Waals surface area contributed by atoms with Crippen molar-refractivity contribution in [2.75, 3.05) is 6.54 Å². The van der Waals surface area contributed by atoms with Gasteiger partial charge < -0.3 is 10.2 Å². The minimum atomic E-state index is -0.629. The number of carbonyl (C=O) groups excluding carboxylic acids is 2. The highest BCUT2D eigenvalue weighted by molar-refractivity contribution is 5.88. The topological polar surface area (TPSA) is 49.4 Å². The highest BCUT2D eigenvalue weighted by atomic mass is 16.2. The minimum Gasteiger partial charge on any atom is -0.354 e. The molecule has 26 heavy (non-hydrogen) atoms. The second-order valence-electron chi connectivity index (χ2n) is 6.44. The molecule has 2 aromatic carbocycles. The van der Waals surface area contributed by atoms with Crippen molar-refractivity contribution < 1.29 is 9.59 Å². The Balaban J connectivity index is 2.24. The smallest absolute Gasteiger partial charge is 0.247 e. The average molecular weight is 352 g/mol. The molecule has 0 aliphatic heterocycles. The van der Waals surface area contributed by atoms with E-state index in [9.17, 15) is 9.59 Å². The molecule has 1 N–H and O–H groups in total. The van der Waals surface area contributed by atoms with Gasteiger partial charge in [-0.15, -0.1) is 0 Å². The molecule has 0 aromatic heterocycles. The highest BCUT2D eigenvalue weighted by Gasteiger charge is 2.29. The van der Waals surface area contributed by atoms with Crippen LogP contribution in [0.2, 0.25) is 0 Å². The minimum absolute atomic E-state index is 0.119. The van der Waals surface area contributed by atoms with E-state index in [4.69, 9.17) is 0 Å². The van der Waals surface area contributed by atoms with Crippen molar-refractivity contribution in [2.45, 2.75) is 45.7 Å². The lowest BCUT2D eigenvalue weighted by Gasteiger charge is -2.30. The lowest BCUT2D eigenvalue weighted by Crippen LogP contribution is -2.42. The molecule has 1 unspecified atom stereocenters. The summed E-state index contributed by atoms with van der Waals surface area (Å²) in [6, 6.07) is 18.6. The molecule has 138 valence electrons. The third-order valence-corrected chi connectivity index (χ3v) is 4.36. The third kappa shape index (κ3) is 5.73. The van der Waals surface area contributed by atoms with Gasteiger partial charge in [0, 0.05) is 20.0 Å². The molecule has 0 aliphatic rings. The molecule has 0 aliphatic carbocycles. The van der Waals surface area contributed by atoms with Gasteiger partial charge in [0.15, 0.2) is 0 Å². The van der Waals surface area contributed by atoms with Gasteiger partial charge in [-0.25, -0.2) is 0 Å². The van der Waals surface area contributed by atoms with E-state index in [0.29, 0.717) is 13.1 Å². The van der Waals surface area contributed by atoms with E-state index in [-0.39, 0.29) is 11.8 Å². The molecule has 4 heteroatoms. The number of hydrogen-bond donors (Lipinski definition) is 1. The van der Waals surface area contributed by atoms with Crippen LogP contribution < -0.4 is 5.32 Å². The zero-order chi connectivity index (χ0) is 18.8. The van der Waals surface area contributed by atoms with Crippen molar-refractivity contribution >= 4 is 11.8 Å². The van der Waals surface area contributed by atoms with Crippen LogP contribution in [-0.2, 0) is 16.1 Å². The Bertz CT molecular complexity index is 686. The molecule has 2 aromatic rings. The second-order valence-corrected chi connectivity index (χ2v) is 6.44. The van der Waals surface area contributed by atoms with Crippen molar-refractivity contribution in [3.8, 4) is 0 Å². The van der Waals surface area contributed by atoms with Crippen LogP contribution in [0.5, 0.6) is 0 Å². The molecule has 0 saturated heterocycles. The summed E-state index contributed by atoms with van der Waals surface area (Å²) in [5.41, 5.74) is 1.83. The number of hydrogen-bond acceptors (Lipinski definition) is 2. The van der Waals surface area contributed by atoms with Gasteiger partial charge in [0.1, 0.15) is 6.04 Å². The first-order valence-corrected chi connectivity index (χ1v) is 9.27. The zero-order valence-corrected chi connectivity index (χ0v) is 15.7. The molecule has 2 rings (SSSR count). The summed E-state index contributed by atoms with van der Waals surface area (Å²) in [5, 5.41) is 3.00. The fourth-order valence-corrected chi connectivity index (χ4v) is 2.96. The Kier molecular flexibility index (Phi) is 7.87. The van der Waals surface area contributed by atoms with Crippen molar-refractivity contribution in [1.82, 2.24) is 10.2 Å². The molecule has 1 atom stereocenters. The lowest BCUT2D eigenvalue weighted by atomic mass is 10.0. The predicted molar refractivity (Wildman–Crippen MR) is 104 cm³/mol. The Labute approximate surface area is 156 Å². The Hall–Kier alpha value is -2.62. The van der Waals surface area contributed by atoms with Gasteiger partial charge in [-0.05, 0) is 17.5 Å². The van der Waals surface area contributed by atoms with Crippen LogP contribution in [0.15, 0.2) is 60.7 Å². The summed E-state index contributed by atoms with van der Waals surface area (Å²) in [6.45, 7) is 4.68. The summed E-state index contributed by atoms with van der Waals surface area (Å²) < 4.78 is 0. The normalized spacial score (nSPS) is 11.6. The third-order valence-electron chi connectivity index (χ3n) is 4.36. The van der Waals surface area contributed by atoms with E-state index < -0.39 is 6.04 Å². The molecule has 0 fully saturated rings. The van der Waals surface area contributed by atoms with Crippen molar-refractivity contribution in [1.29, 1.82) is 0 Å². The summed E-state index contributed by atoms with van der Waals surface area (Å²) in [5.74, 6) is -0.246. The largest absolute Gasteiger partial charge is 0.354 e. The lowest BCUT2D eigenvalue weighted by molar-refractivity contribution is -0.140. The van der Waals surface area contributed by atoms with E-state index in [1.54, 1.807) is 4.90 Å². The van der Waals surface area contributed by atoms with Crippen LogP contribution in [0, 0.1) is 0 Å². The number of unbranched alkanes of at least 4 members (excludes halogenated alkanes) is 2. The van der Waals surface area contributed by atoms with Gasteiger partial charge in [0.2, 0.25) is 11.8 Å². The summed E-state index contributed by atoms with van der Waals surface area (Å²) in [6.07, 6.45) is 3.13. The predicted octanol–water partition coefficient (Wildman–Crippen LogP) is 4.08. The van der Waals surface area contributed by atoms with Gasteiger partial charge in [-0.1, -0.05) is 80.4 Å². The molecular formula is C22H28N2O2. The van der Waals surface area contributed by atoms with Crippen LogP contribution in [0.3, 0.4) is 0 Å². The molecule has 0 spiro atoms. The maximum Gasteiger partial charge on any atom is 0.247 e. The molecular weight excluding hydrogens is 324 g/mol. The summed E-state index contributed by atoms with van der Waals surface area (Å²) in [7, 11) is 0. The maximum atomic E-state index is 12.9. The number of amides is 2. The summed E-state index contributed by atoms with van der Waals surface area (Å²) in [4.78, 5) is 27.0. The molecule has 4 nitrogen and oxygen atoms in total. The molecule has 0 saturated carbocycles. The van der Waals surface area contributed by atoms with Crippen LogP contribution in [0.4, 0.5) is 0 Å². The second kappa shape index (κ2) is 10.4. The van der Waals surface area contributed by atoms with Gasteiger partial charge >= 0.3 is 0 Å². The standard InChI is InChI=1S/C22H28N2O2/c1-3-4-11-16-23-22(26)21(20-14-9-6-10-15-20)24(18(2)25)17-19-12-7-5-8-13-19/h5-10,12-15,21H,3-4,11,16-17H2,1-2H3,(H,23,26). The monoisotopic (exact) mass is 352 g/mol. The zero-order valence-electron chi connectivity index (χ0n) is 15.7. The van der Waals surface area contributed by atoms with E-state index in [0.717, 1.165) is 30.4 Å². The molecule has 0 radical (unpaired) electrons. The van der Waals surface area contributed by atoms with Gasteiger partial charge in [0.05, 0.1) is 0 Å². The fourth-order valence-electron chi connectivity index (χ4n) is 2.96. The van der Waals surface area contributed by atoms with Crippen LogP contribution in [0.25, 0.3) is 0 Å². The van der Waals surface area contributed by atoms with E-state index in [2.05, 4.69) is 12.2 Å². The SMILES string of the molecule is CCCCCNC(=O)C(c1ccccc1)N(Cc1ccccc1)C(C)=O. The number of carbonyl (C=O) groups is 2. The van der Waals surface area contributed by atoms with Crippen molar-refractivity contribution in [3.05, 3.63) is 71.8 Å². The van der Waals surface area contributed by atoms with Gasteiger partial charge in [-0.2, -0.15) is 0 Å². The first-order chi connectivity index (χ1) is 12.6. The van der Waals surface area contributed by atoms with E-state index in [1.165, 1.54) is 6.92 Å². The van der Waals surface area contributed by atoms with Crippen LogP contribution in [0.1, 0.15) is 50.3 Å². The fraction of sp³-hybridized carbons (Fsp3) is 0.364. The van der Waals surface area contributed by atoms with Gasteiger partial charge in [0.25, 0.3) is 0 Å². The number of nitrogens with one attached hydrogen (secondary N) is 1. The molecule has 2 amide bonds. The van der Waals surface area contributed by atoms with E-state index in [1.807, 2.05) is 60.7 Å². The van der Waals surface area contributed by atoms with E-state index >= 15 is 0 Å². The maximum absolute atomic E-state index is 12.9. The Morgan fingerprint density at radius 2 is 1.58 bits per heavy atom. The average Bonchev–Trinajstić information content (AvgIpc) is 2.66. The van der Waals surface area contributed by atoms with Crippen molar-refractivity contribution in [3.63, 3.8) is 0 Å². The van der Waals surface area contributed by atoms with Gasteiger partial charge in [-0.3, -0.25) is 9.59 Å². The Morgan fingerprint density at radius 3 is 2.15 bits per heavy atom. The highest BCUT2D eigenvalue weighted by Crippen LogP contribution is 2.23. The first kappa shape index (κ1) is 19.7. The van der Waals surface area contributed by atoms with Crippen molar-refractivity contribution in [2.24, 2.45) is 0 Å². The van der Waals surface area contributed by atoms with Crippen LogP contribution >= 0.6 is 0 Å². The quantitative estimate of drug-likeness (QED) is 0.691. The Morgan fingerprint density at radius 1 is 0.962 bits per heavy atom. The van der Waals surface area contributed by atoms with Crippen LogP contribution in [-0.4, -0.2) is 23.3 Å². The number of rotatable bonds is 9. The summed E-state index contributed by atoms with van der Waals surface area (Å²) >= 11 is 0. The molecule has 0 heterocycles.